The van der Waals surface area contributed by atoms with E-state index in [9.17, 15) is 0 Å². The predicted octanol–water partition coefficient (Wildman–Crippen LogP) is 4.00. The number of hydrogen-bond donors (Lipinski definition) is 2. The van der Waals surface area contributed by atoms with Gasteiger partial charge in [-0.05, 0) is 32.6 Å². The van der Waals surface area contributed by atoms with Crippen LogP contribution in [0.3, 0.4) is 0 Å². The first-order valence-electron chi connectivity index (χ1n) is 8.60. The molecule has 1 unspecified atom stereocenters. The average Bonchev–Trinajstić information content (AvgIpc) is 2.45. The molecule has 0 aromatic heterocycles. The lowest BCUT2D eigenvalue weighted by atomic mass is 9.85. The number of rotatable bonds is 14. The van der Waals surface area contributed by atoms with E-state index in [1.807, 2.05) is 31.6 Å². The van der Waals surface area contributed by atoms with Gasteiger partial charge in [-0.15, -0.1) is 0 Å². The van der Waals surface area contributed by atoms with Gasteiger partial charge < -0.3 is 19.4 Å². The minimum absolute atomic E-state index is 0.0284. The normalized spacial score (nSPS) is 14.1. The van der Waals surface area contributed by atoms with E-state index in [2.05, 4.69) is 26.3 Å². The van der Waals surface area contributed by atoms with Crippen molar-refractivity contribution >= 4 is 21.6 Å². The van der Waals surface area contributed by atoms with E-state index in [0.717, 1.165) is 31.1 Å². The Labute approximate surface area is 156 Å². The molecular weight excluding hydrogens is 346 g/mol. The van der Waals surface area contributed by atoms with E-state index in [-0.39, 0.29) is 17.1 Å². The van der Waals surface area contributed by atoms with Crippen LogP contribution in [0.5, 0.6) is 0 Å². The Morgan fingerprint density at radius 3 is 1.83 bits per heavy atom. The third kappa shape index (κ3) is 16.0. The van der Waals surface area contributed by atoms with Crippen LogP contribution in [0.2, 0.25) is 0 Å². The first kappa shape index (κ1) is 24.5. The molecule has 0 rings (SSSR count). The van der Waals surface area contributed by atoms with Gasteiger partial charge in [-0.3, -0.25) is 0 Å². The molecule has 0 aromatic carbocycles. The fraction of sp³-hybridized carbons (Fsp3) is 1.00. The SMILES string of the molecule is CC(C)(C)OCCOCCSSCCOCCC(NO)C(C)(C)C. The molecule has 0 amide bonds. The van der Waals surface area contributed by atoms with Crippen LogP contribution in [-0.2, 0) is 14.2 Å². The second-order valence-corrected chi connectivity index (χ2v) is 10.4. The summed E-state index contributed by atoms with van der Waals surface area (Å²) in [6.45, 7) is 15.9. The minimum Gasteiger partial charge on any atom is -0.380 e. The number of hydrogen-bond acceptors (Lipinski definition) is 7. The van der Waals surface area contributed by atoms with Crippen molar-refractivity contribution < 1.29 is 19.4 Å². The van der Waals surface area contributed by atoms with E-state index < -0.39 is 0 Å². The van der Waals surface area contributed by atoms with Crippen LogP contribution >= 0.6 is 21.6 Å². The highest BCUT2D eigenvalue weighted by Crippen LogP contribution is 2.22. The van der Waals surface area contributed by atoms with Crippen molar-refractivity contribution in [3.8, 4) is 0 Å². The quantitative estimate of drug-likeness (QED) is 0.267. The fourth-order valence-electron chi connectivity index (χ4n) is 1.81. The van der Waals surface area contributed by atoms with Crippen molar-refractivity contribution in [2.24, 2.45) is 5.41 Å². The van der Waals surface area contributed by atoms with Crippen LogP contribution in [0.4, 0.5) is 0 Å². The Balaban J connectivity index is 3.29. The predicted molar refractivity (Wildman–Crippen MR) is 105 cm³/mol. The fourth-order valence-corrected chi connectivity index (χ4v) is 3.53. The van der Waals surface area contributed by atoms with Gasteiger partial charge >= 0.3 is 0 Å². The Hall–Kier alpha value is 0.500. The van der Waals surface area contributed by atoms with E-state index in [4.69, 9.17) is 19.4 Å². The second-order valence-electron chi connectivity index (χ2n) is 7.67. The van der Waals surface area contributed by atoms with Gasteiger partial charge in [-0.2, -0.15) is 0 Å². The Morgan fingerprint density at radius 2 is 1.38 bits per heavy atom. The number of ether oxygens (including phenoxy) is 3. The summed E-state index contributed by atoms with van der Waals surface area (Å²) in [7, 11) is 3.62. The molecule has 0 bridgehead atoms. The molecule has 5 nitrogen and oxygen atoms in total. The molecule has 0 aromatic rings. The van der Waals surface area contributed by atoms with Crippen LogP contribution in [0.25, 0.3) is 0 Å². The average molecular weight is 384 g/mol. The van der Waals surface area contributed by atoms with Crippen molar-refractivity contribution in [3.05, 3.63) is 0 Å². The Morgan fingerprint density at radius 1 is 0.833 bits per heavy atom. The minimum atomic E-state index is -0.0892. The van der Waals surface area contributed by atoms with Gasteiger partial charge in [-0.1, -0.05) is 42.4 Å². The molecule has 24 heavy (non-hydrogen) atoms. The Kier molecular flexibility index (Phi) is 14.0. The summed E-state index contributed by atoms with van der Waals surface area (Å²) >= 11 is 0. The van der Waals surface area contributed by atoms with E-state index in [0.29, 0.717) is 19.8 Å². The lowest BCUT2D eigenvalue weighted by Crippen LogP contribution is -2.39. The lowest BCUT2D eigenvalue weighted by molar-refractivity contribution is -0.0328. The lowest BCUT2D eigenvalue weighted by Gasteiger charge is -2.29. The molecule has 0 heterocycles. The highest BCUT2D eigenvalue weighted by molar-refractivity contribution is 8.76. The maximum absolute atomic E-state index is 9.15. The van der Waals surface area contributed by atoms with E-state index in [1.54, 1.807) is 10.8 Å². The van der Waals surface area contributed by atoms with Gasteiger partial charge in [0.25, 0.3) is 0 Å². The zero-order valence-corrected chi connectivity index (χ0v) is 17.9. The van der Waals surface area contributed by atoms with Gasteiger partial charge in [0.2, 0.25) is 0 Å². The van der Waals surface area contributed by atoms with E-state index >= 15 is 0 Å². The molecule has 0 aliphatic carbocycles. The standard InChI is InChI=1S/C17H37NO4S2/c1-16(2,3)15(18-19)7-8-20-11-13-23-24-14-12-21-9-10-22-17(4,5)6/h15,18-19H,7-14H2,1-6H3. The molecular formula is C17H37NO4S2. The summed E-state index contributed by atoms with van der Waals surface area (Å²) in [5, 5.41) is 9.15. The molecule has 1 atom stereocenters. The van der Waals surface area contributed by atoms with Crippen molar-refractivity contribution in [1.82, 2.24) is 5.48 Å². The molecule has 0 aliphatic heterocycles. The van der Waals surface area contributed by atoms with Gasteiger partial charge in [0, 0.05) is 24.2 Å². The first-order chi connectivity index (χ1) is 11.2. The highest BCUT2D eigenvalue weighted by atomic mass is 33.1. The summed E-state index contributed by atoms with van der Waals surface area (Å²) in [5.74, 6) is 1.94. The van der Waals surface area contributed by atoms with Crippen molar-refractivity contribution in [2.75, 3.05) is 44.5 Å². The van der Waals surface area contributed by atoms with Crippen molar-refractivity contribution in [1.29, 1.82) is 0 Å². The molecule has 146 valence electrons. The van der Waals surface area contributed by atoms with Gasteiger partial charge in [0.15, 0.2) is 0 Å². The molecule has 0 saturated heterocycles. The molecule has 0 spiro atoms. The van der Waals surface area contributed by atoms with Crippen LogP contribution in [-0.4, -0.2) is 61.4 Å². The molecule has 0 fully saturated rings. The second kappa shape index (κ2) is 13.7. The maximum atomic E-state index is 9.15. The van der Waals surface area contributed by atoms with Gasteiger partial charge in [0.05, 0.1) is 32.0 Å². The molecule has 0 aliphatic rings. The zero-order chi connectivity index (χ0) is 18.5. The van der Waals surface area contributed by atoms with Crippen LogP contribution in [0.1, 0.15) is 48.0 Å². The maximum Gasteiger partial charge on any atom is 0.0707 e. The van der Waals surface area contributed by atoms with Gasteiger partial charge in [0.1, 0.15) is 0 Å². The first-order valence-corrected chi connectivity index (χ1v) is 11.1. The number of hydroxylamine groups is 1. The van der Waals surface area contributed by atoms with Crippen LogP contribution < -0.4 is 5.48 Å². The molecule has 7 heteroatoms. The van der Waals surface area contributed by atoms with Crippen molar-refractivity contribution in [2.45, 2.75) is 59.6 Å². The number of nitrogens with one attached hydrogen (secondary N) is 1. The monoisotopic (exact) mass is 383 g/mol. The van der Waals surface area contributed by atoms with E-state index in [1.165, 1.54) is 0 Å². The third-order valence-corrected chi connectivity index (χ3v) is 5.55. The van der Waals surface area contributed by atoms with Crippen LogP contribution in [0, 0.1) is 5.41 Å². The zero-order valence-electron chi connectivity index (χ0n) is 16.2. The van der Waals surface area contributed by atoms with Gasteiger partial charge in [-0.25, -0.2) is 5.48 Å². The van der Waals surface area contributed by atoms with Crippen molar-refractivity contribution in [3.63, 3.8) is 0 Å². The Bertz CT molecular complexity index is 293. The smallest absolute Gasteiger partial charge is 0.0707 e. The summed E-state index contributed by atoms with van der Waals surface area (Å²) in [4.78, 5) is 0. The molecule has 0 radical (unpaired) electrons. The summed E-state index contributed by atoms with van der Waals surface area (Å²) in [6.07, 6.45) is 0.808. The molecule has 0 saturated carbocycles. The topological polar surface area (TPSA) is 60.0 Å². The van der Waals surface area contributed by atoms with Crippen LogP contribution in [0.15, 0.2) is 0 Å². The summed E-state index contributed by atoms with van der Waals surface area (Å²) < 4.78 is 16.7. The largest absolute Gasteiger partial charge is 0.380 e. The highest BCUT2D eigenvalue weighted by Gasteiger charge is 2.23. The third-order valence-electron chi connectivity index (χ3n) is 3.22. The summed E-state index contributed by atoms with van der Waals surface area (Å²) in [5.41, 5.74) is 2.32. The summed E-state index contributed by atoms with van der Waals surface area (Å²) in [6, 6.07) is 0.0546. The molecule has 2 N–H and O–H groups in total.